The van der Waals surface area contributed by atoms with Gasteiger partial charge in [-0.3, -0.25) is 0 Å². The summed E-state index contributed by atoms with van der Waals surface area (Å²) in [6, 6.07) is 0.503. The van der Waals surface area contributed by atoms with Gasteiger partial charge in [0.25, 0.3) is 0 Å². The third kappa shape index (κ3) is 4.49. The minimum Gasteiger partial charge on any atom is -0.377 e. The molecule has 1 saturated heterocycles. The summed E-state index contributed by atoms with van der Waals surface area (Å²) in [6.07, 6.45) is 2.90. The number of likely N-dealkylation sites (N-methyl/N-ethyl adjacent to an activating group) is 1. The minimum absolute atomic E-state index is 0.446. The molecule has 0 saturated carbocycles. The third-order valence-corrected chi connectivity index (χ3v) is 3.31. The Balaban J connectivity index is 2.07. The number of hydrogen-bond donors (Lipinski definition) is 1. The predicted molar refractivity (Wildman–Crippen MR) is 64.2 cm³/mol. The van der Waals surface area contributed by atoms with Crippen molar-refractivity contribution >= 4 is 0 Å². The summed E-state index contributed by atoms with van der Waals surface area (Å²) < 4.78 is 5.65. The summed E-state index contributed by atoms with van der Waals surface area (Å²) >= 11 is 0. The highest BCUT2D eigenvalue weighted by Gasteiger charge is 2.21. The lowest BCUT2D eigenvalue weighted by Gasteiger charge is -2.23. The van der Waals surface area contributed by atoms with Crippen LogP contribution in [0.2, 0.25) is 0 Å². The molecule has 1 fully saturated rings. The second-order valence-electron chi connectivity index (χ2n) is 4.32. The quantitative estimate of drug-likeness (QED) is 0.695. The maximum absolute atomic E-state index is 5.65. The molecule has 2 atom stereocenters. The summed E-state index contributed by atoms with van der Waals surface area (Å²) in [6.45, 7) is 12.1. The van der Waals surface area contributed by atoms with E-state index in [1.807, 2.05) is 0 Å². The molecule has 0 spiro atoms. The van der Waals surface area contributed by atoms with Crippen molar-refractivity contribution in [2.24, 2.45) is 0 Å². The largest absolute Gasteiger partial charge is 0.377 e. The van der Waals surface area contributed by atoms with Crippen LogP contribution in [0.3, 0.4) is 0 Å². The van der Waals surface area contributed by atoms with E-state index in [-0.39, 0.29) is 0 Å². The zero-order chi connectivity index (χ0) is 11.1. The molecule has 1 aliphatic rings. The maximum Gasteiger partial charge on any atom is 0.0726 e. The molecule has 0 aromatic heterocycles. The molecule has 0 bridgehead atoms. The molecule has 0 aromatic carbocycles. The van der Waals surface area contributed by atoms with Crippen LogP contribution in [-0.2, 0) is 4.74 Å². The van der Waals surface area contributed by atoms with Gasteiger partial charge in [-0.15, -0.1) is 0 Å². The van der Waals surface area contributed by atoms with Crippen LogP contribution in [0.5, 0.6) is 0 Å². The van der Waals surface area contributed by atoms with Gasteiger partial charge in [-0.1, -0.05) is 13.8 Å². The Bertz CT molecular complexity index is 154. The Morgan fingerprint density at radius 2 is 2.13 bits per heavy atom. The molecule has 1 aliphatic heterocycles. The van der Waals surface area contributed by atoms with Crippen molar-refractivity contribution in [3.05, 3.63) is 0 Å². The summed E-state index contributed by atoms with van der Waals surface area (Å²) in [5.74, 6) is 0. The molecule has 1 heterocycles. The molecule has 1 N–H and O–H groups in total. The first kappa shape index (κ1) is 12.9. The van der Waals surface area contributed by atoms with Crippen LogP contribution in [0.15, 0.2) is 0 Å². The lowest BCUT2D eigenvalue weighted by atomic mass is 10.1. The number of nitrogens with zero attached hydrogens (tertiary/aromatic N) is 1. The van der Waals surface area contributed by atoms with Gasteiger partial charge in [0.05, 0.1) is 6.10 Å². The van der Waals surface area contributed by atoms with Crippen LogP contribution in [0.4, 0.5) is 0 Å². The topological polar surface area (TPSA) is 24.5 Å². The van der Waals surface area contributed by atoms with Gasteiger partial charge < -0.3 is 15.0 Å². The normalized spacial score (nSPS) is 23.6. The van der Waals surface area contributed by atoms with Gasteiger partial charge in [-0.2, -0.15) is 0 Å². The molecular weight excluding hydrogens is 188 g/mol. The number of hydrogen-bond acceptors (Lipinski definition) is 3. The fourth-order valence-electron chi connectivity index (χ4n) is 2.12. The van der Waals surface area contributed by atoms with Gasteiger partial charge >= 0.3 is 0 Å². The summed E-state index contributed by atoms with van der Waals surface area (Å²) in [5, 5.41) is 3.56. The van der Waals surface area contributed by atoms with Crippen molar-refractivity contribution in [3.63, 3.8) is 0 Å². The van der Waals surface area contributed by atoms with E-state index in [1.165, 1.54) is 12.8 Å². The predicted octanol–water partition coefficient (Wildman–Crippen LogP) is 1.49. The first-order valence-electron chi connectivity index (χ1n) is 6.35. The number of rotatable bonds is 7. The van der Waals surface area contributed by atoms with E-state index in [4.69, 9.17) is 4.74 Å². The summed E-state index contributed by atoms with van der Waals surface area (Å²) in [7, 11) is 0. The summed E-state index contributed by atoms with van der Waals surface area (Å²) in [5.41, 5.74) is 0. The highest BCUT2D eigenvalue weighted by atomic mass is 16.5. The molecular formula is C12H26N2O. The van der Waals surface area contributed by atoms with E-state index in [9.17, 15) is 0 Å². The van der Waals surface area contributed by atoms with Crippen LogP contribution in [0.1, 0.15) is 33.6 Å². The molecule has 0 aliphatic carbocycles. The number of nitrogens with one attached hydrogen (secondary N) is 1. The fraction of sp³-hybridized carbons (Fsp3) is 1.00. The first-order chi connectivity index (χ1) is 7.27. The van der Waals surface area contributed by atoms with Crippen molar-refractivity contribution in [2.75, 3.05) is 32.8 Å². The van der Waals surface area contributed by atoms with Gasteiger partial charge in [0.2, 0.25) is 0 Å². The summed E-state index contributed by atoms with van der Waals surface area (Å²) in [4.78, 5) is 2.44. The molecule has 2 unspecified atom stereocenters. The zero-order valence-electron chi connectivity index (χ0n) is 10.5. The van der Waals surface area contributed by atoms with Crippen molar-refractivity contribution in [1.82, 2.24) is 10.2 Å². The number of ether oxygens (including phenoxy) is 1. The van der Waals surface area contributed by atoms with Gasteiger partial charge in [0, 0.05) is 25.7 Å². The molecule has 90 valence electrons. The average Bonchev–Trinajstić information content (AvgIpc) is 2.77. The van der Waals surface area contributed by atoms with Crippen LogP contribution < -0.4 is 5.32 Å². The molecule has 3 nitrogen and oxygen atoms in total. The van der Waals surface area contributed by atoms with Gasteiger partial charge in [-0.05, 0) is 32.9 Å². The highest BCUT2D eigenvalue weighted by molar-refractivity contribution is 4.76. The van der Waals surface area contributed by atoms with Crippen molar-refractivity contribution in [2.45, 2.75) is 45.8 Å². The SMILES string of the molecule is CCN(CC)CCNC(C)C1CCCO1. The zero-order valence-corrected chi connectivity index (χ0v) is 10.5. The highest BCUT2D eigenvalue weighted by Crippen LogP contribution is 2.14. The van der Waals surface area contributed by atoms with E-state index >= 15 is 0 Å². The van der Waals surface area contributed by atoms with E-state index in [2.05, 4.69) is 31.0 Å². The first-order valence-corrected chi connectivity index (χ1v) is 6.35. The standard InChI is InChI=1S/C12H26N2O/c1-4-14(5-2)9-8-13-11(3)12-7-6-10-15-12/h11-13H,4-10H2,1-3H3. The Morgan fingerprint density at radius 1 is 1.40 bits per heavy atom. The van der Waals surface area contributed by atoms with Crippen molar-refractivity contribution in [3.8, 4) is 0 Å². The maximum atomic E-state index is 5.65. The van der Waals surface area contributed by atoms with E-state index in [0.717, 1.165) is 32.8 Å². The molecule has 0 radical (unpaired) electrons. The molecule has 1 rings (SSSR count). The van der Waals surface area contributed by atoms with E-state index in [1.54, 1.807) is 0 Å². The monoisotopic (exact) mass is 214 g/mol. The van der Waals surface area contributed by atoms with Gasteiger partial charge in [0.1, 0.15) is 0 Å². The van der Waals surface area contributed by atoms with Crippen LogP contribution in [-0.4, -0.2) is 49.8 Å². The average molecular weight is 214 g/mol. The second-order valence-corrected chi connectivity index (χ2v) is 4.32. The second kappa shape index (κ2) is 7.20. The Morgan fingerprint density at radius 3 is 2.67 bits per heavy atom. The van der Waals surface area contributed by atoms with Crippen molar-refractivity contribution < 1.29 is 4.74 Å². The van der Waals surface area contributed by atoms with Gasteiger partial charge in [-0.25, -0.2) is 0 Å². The lowest BCUT2D eigenvalue weighted by Crippen LogP contribution is -2.41. The Kier molecular flexibility index (Phi) is 6.22. The third-order valence-electron chi connectivity index (χ3n) is 3.31. The lowest BCUT2D eigenvalue weighted by molar-refractivity contribution is 0.0828. The van der Waals surface area contributed by atoms with E-state index in [0.29, 0.717) is 12.1 Å². The van der Waals surface area contributed by atoms with Crippen LogP contribution in [0, 0.1) is 0 Å². The van der Waals surface area contributed by atoms with Crippen molar-refractivity contribution in [1.29, 1.82) is 0 Å². The molecule has 0 aromatic rings. The fourth-order valence-corrected chi connectivity index (χ4v) is 2.12. The van der Waals surface area contributed by atoms with E-state index < -0.39 is 0 Å². The molecule has 15 heavy (non-hydrogen) atoms. The van der Waals surface area contributed by atoms with Gasteiger partial charge in [0.15, 0.2) is 0 Å². The minimum atomic E-state index is 0.446. The molecule has 3 heteroatoms. The Labute approximate surface area is 94.2 Å². The van der Waals surface area contributed by atoms with Crippen LogP contribution >= 0.6 is 0 Å². The smallest absolute Gasteiger partial charge is 0.0726 e. The van der Waals surface area contributed by atoms with Crippen LogP contribution in [0.25, 0.3) is 0 Å². The Hall–Kier alpha value is -0.120. The molecule has 0 amide bonds.